The van der Waals surface area contributed by atoms with Gasteiger partial charge in [-0.3, -0.25) is 0 Å². The first-order valence-corrected chi connectivity index (χ1v) is 5.07. The summed E-state index contributed by atoms with van der Waals surface area (Å²) in [6, 6.07) is 5.64. The summed E-state index contributed by atoms with van der Waals surface area (Å²) in [7, 11) is 5.28. The summed E-state index contributed by atoms with van der Waals surface area (Å²) in [6.45, 7) is 0. The molecule has 0 N–H and O–H groups in total. The highest BCUT2D eigenvalue weighted by Crippen LogP contribution is 2.42. The standard InChI is InChI=1S/C10H8BBrO/c11-10(13)8-4-3-7(12)5-9(8)6-1-2-6/h3-6H,1-2H2. The van der Waals surface area contributed by atoms with Gasteiger partial charge in [-0.25, -0.2) is 0 Å². The van der Waals surface area contributed by atoms with Crippen molar-refractivity contribution in [1.29, 1.82) is 0 Å². The summed E-state index contributed by atoms with van der Waals surface area (Å²) < 4.78 is 1.01. The number of carbonyl (C=O) groups excluding carboxylic acids is 1. The van der Waals surface area contributed by atoms with E-state index in [1.54, 1.807) is 6.07 Å². The Bertz CT molecular complexity index is 358. The molecule has 0 heterocycles. The van der Waals surface area contributed by atoms with Crippen LogP contribution in [0.15, 0.2) is 22.7 Å². The molecule has 1 saturated carbocycles. The molecule has 0 bridgehead atoms. The topological polar surface area (TPSA) is 17.1 Å². The van der Waals surface area contributed by atoms with Gasteiger partial charge < -0.3 is 4.79 Å². The minimum atomic E-state index is -0.325. The van der Waals surface area contributed by atoms with Crippen LogP contribution in [0.1, 0.15) is 34.7 Å². The molecule has 0 aliphatic heterocycles. The number of hydrogen-bond donors (Lipinski definition) is 0. The first-order chi connectivity index (χ1) is 6.18. The Morgan fingerprint density at radius 3 is 2.69 bits per heavy atom. The van der Waals surface area contributed by atoms with Crippen LogP contribution in [-0.4, -0.2) is 13.5 Å². The second kappa shape index (κ2) is 3.30. The van der Waals surface area contributed by atoms with Crippen LogP contribution < -0.4 is 0 Å². The van der Waals surface area contributed by atoms with Gasteiger partial charge in [-0.2, -0.15) is 0 Å². The molecule has 1 nitrogen and oxygen atoms in total. The molecule has 1 aromatic carbocycles. The average molecular weight is 235 g/mol. The van der Waals surface area contributed by atoms with Crippen molar-refractivity contribution in [2.75, 3.05) is 0 Å². The Labute approximate surface area is 87.1 Å². The fourth-order valence-electron chi connectivity index (χ4n) is 1.49. The molecule has 0 atom stereocenters. The summed E-state index contributed by atoms with van der Waals surface area (Å²) >= 11 is 3.39. The molecule has 1 aliphatic rings. The van der Waals surface area contributed by atoms with E-state index in [4.69, 9.17) is 7.85 Å². The van der Waals surface area contributed by atoms with Crippen molar-refractivity contribution in [3.63, 3.8) is 0 Å². The fraction of sp³-hybridized carbons (Fsp3) is 0.300. The van der Waals surface area contributed by atoms with E-state index in [1.165, 1.54) is 12.8 Å². The van der Waals surface area contributed by atoms with E-state index in [9.17, 15) is 4.79 Å². The molecule has 64 valence electrons. The number of halogens is 1. The highest BCUT2D eigenvalue weighted by Gasteiger charge is 2.26. The average Bonchev–Trinajstić information content (AvgIpc) is 2.85. The van der Waals surface area contributed by atoms with Crippen molar-refractivity contribution in [1.82, 2.24) is 0 Å². The minimum absolute atomic E-state index is 0.325. The van der Waals surface area contributed by atoms with Crippen molar-refractivity contribution >= 4 is 29.5 Å². The van der Waals surface area contributed by atoms with E-state index >= 15 is 0 Å². The Kier molecular flexibility index (Phi) is 2.28. The van der Waals surface area contributed by atoms with Crippen molar-refractivity contribution in [2.24, 2.45) is 0 Å². The number of rotatable bonds is 2. The zero-order valence-corrected chi connectivity index (χ0v) is 8.67. The van der Waals surface area contributed by atoms with Crippen molar-refractivity contribution in [3.05, 3.63) is 33.8 Å². The molecule has 0 spiro atoms. The van der Waals surface area contributed by atoms with E-state index in [-0.39, 0.29) is 5.68 Å². The lowest BCUT2D eigenvalue weighted by atomic mass is 9.89. The third-order valence-electron chi connectivity index (χ3n) is 2.30. The van der Waals surface area contributed by atoms with Crippen LogP contribution in [0.2, 0.25) is 0 Å². The fourth-order valence-corrected chi connectivity index (χ4v) is 1.87. The molecule has 13 heavy (non-hydrogen) atoms. The molecular formula is C10H8BBrO. The monoisotopic (exact) mass is 234 g/mol. The SMILES string of the molecule is [B]C(=O)c1ccc(Br)cc1C1CC1. The molecule has 1 fully saturated rings. The van der Waals surface area contributed by atoms with Gasteiger partial charge in [-0.05, 0) is 36.5 Å². The van der Waals surface area contributed by atoms with Gasteiger partial charge >= 0.3 is 0 Å². The van der Waals surface area contributed by atoms with Crippen molar-refractivity contribution in [3.8, 4) is 0 Å². The van der Waals surface area contributed by atoms with Gasteiger partial charge in [0.05, 0.1) is 0 Å². The van der Waals surface area contributed by atoms with Gasteiger partial charge in [0.15, 0.2) is 7.85 Å². The van der Waals surface area contributed by atoms with Crippen LogP contribution in [0.3, 0.4) is 0 Å². The van der Waals surface area contributed by atoms with Crippen molar-refractivity contribution < 1.29 is 4.79 Å². The summed E-state index contributed by atoms with van der Waals surface area (Å²) in [4.78, 5) is 11.1. The van der Waals surface area contributed by atoms with E-state index in [2.05, 4.69) is 15.9 Å². The van der Waals surface area contributed by atoms with Gasteiger partial charge in [0, 0.05) is 10.0 Å². The summed E-state index contributed by atoms with van der Waals surface area (Å²) in [6.07, 6.45) is 2.35. The first-order valence-electron chi connectivity index (χ1n) is 4.27. The maximum absolute atomic E-state index is 11.1. The minimum Gasteiger partial charge on any atom is -0.307 e. The third-order valence-corrected chi connectivity index (χ3v) is 2.79. The summed E-state index contributed by atoms with van der Waals surface area (Å²) in [5.41, 5.74) is 1.45. The van der Waals surface area contributed by atoms with E-state index in [0.717, 1.165) is 10.0 Å². The first kappa shape index (κ1) is 9.01. The number of benzene rings is 1. The Hall–Kier alpha value is -0.565. The molecule has 1 aliphatic carbocycles. The maximum Gasteiger partial charge on any atom is 0.175 e. The molecule has 0 unspecified atom stereocenters. The Balaban J connectivity index is 2.47. The molecule has 0 amide bonds. The quantitative estimate of drug-likeness (QED) is 0.720. The molecule has 2 rings (SSSR count). The smallest absolute Gasteiger partial charge is 0.175 e. The Morgan fingerprint density at radius 1 is 1.46 bits per heavy atom. The van der Waals surface area contributed by atoms with Gasteiger partial charge in [-0.1, -0.05) is 22.0 Å². The lowest BCUT2D eigenvalue weighted by molar-refractivity contribution is 0.107. The summed E-state index contributed by atoms with van der Waals surface area (Å²) in [5.74, 6) is 0.556. The third kappa shape index (κ3) is 1.85. The van der Waals surface area contributed by atoms with E-state index < -0.39 is 0 Å². The second-order valence-corrected chi connectivity index (χ2v) is 4.29. The molecule has 0 aromatic heterocycles. The van der Waals surface area contributed by atoms with Crippen LogP contribution >= 0.6 is 15.9 Å². The molecular weight excluding hydrogens is 227 g/mol. The zero-order valence-electron chi connectivity index (χ0n) is 7.09. The van der Waals surface area contributed by atoms with Crippen LogP contribution in [0, 0.1) is 0 Å². The molecule has 1 aromatic rings. The number of carbonyl (C=O) groups is 1. The number of hydrogen-bond acceptors (Lipinski definition) is 1. The second-order valence-electron chi connectivity index (χ2n) is 3.37. The Morgan fingerprint density at radius 2 is 2.15 bits per heavy atom. The van der Waals surface area contributed by atoms with E-state index in [0.29, 0.717) is 11.5 Å². The van der Waals surface area contributed by atoms with E-state index in [1.807, 2.05) is 12.1 Å². The lowest BCUT2D eigenvalue weighted by Crippen LogP contribution is -2.01. The van der Waals surface area contributed by atoms with Gasteiger partial charge in [-0.15, -0.1) is 0 Å². The highest BCUT2D eigenvalue weighted by molar-refractivity contribution is 9.10. The van der Waals surface area contributed by atoms with Crippen molar-refractivity contribution in [2.45, 2.75) is 18.8 Å². The highest BCUT2D eigenvalue weighted by atomic mass is 79.9. The van der Waals surface area contributed by atoms with Crippen LogP contribution in [-0.2, 0) is 0 Å². The molecule has 3 heteroatoms. The molecule has 0 saturated heterocycles. The summed E-state index contributed by atoms with van der Waals surface area (Å²) in [5, 5.41) is 0. The lowest BCUT2D eigenvalue weighted by Gasteiger charge is -2.05. The van der Waals surface area contributed by atoms with Crippen LogP contribution in [0.4, 0.5) is 0 Å². The van der Waals surface area contributed by atoms with Gasteiger partial charge in [0.2, 0.25) is 0 Å². The van der Waals surface area contributed by atoms with Gasteiger partial charge in [0.1, 0.15) is 5.68 Å². The maximum atomic E-state index is 11.1. The van der Waals surface area contributed by atoms with Crippen LogP contribution in [0.5, 0.6) is 0 Å². The predicted octanol–water partition coefficient (Wildman–Crippen LogP) is 2.64. The van der Waals surface area contributed by atoms with Crippen LogP contribution in [0.25, 0.3) is 0 Å². The normalized spacial score (nSPS) is 15.8. The molecule has 2 radical (unpaired) electrons. The predicted molar refractivity (Wildman–Crippen MR) is 56.2 cm³/mol. The largest absolute Gasteiger partial charge is 0.307 e. The van der Waals surface area contributed by atoms with Gasteiger partial charge in [0.25, 0.3) is 0 Å². The zero-order chi connectivity index (χ0) is 9.42.